The number of rotatable bonds is 4. The number of ketones is 1. The van der Waals surface area contributed by atoms with E-state index in [9.17, 15) is 9.59 Å². The third-order valence-electron chi connectivity index (χ3n) is 4.08. The maximum Gasteiger partial charge on any atom is 0.264 e. The summed E-state index contributed by atoms with van der Waals surface area (Å²) in [5, 5.41) is 7.49. The lowest BCUT2D eigenvalue weighted by Crippen LogP contribution is -2.12. The number of nitrogens with zero attached hydrogens (tertiary/aromatic N) is 2. The van der Waals surface area contributed by atoms with Crippen LogP contribution in [0.1, 0.15) is 33.0 Å². The first-order valence-corrected chi connectivity index (χ1v) is 8.32. The maximum absolute atomic E-state index is 12.9. The van der Waals surface area contributed by atoms with Crippen molar-refractivity contribution in [2.24, 2.45) is 7.05 Å². The van der Waals surface area contributed by atoms with Gasteiger partial charge in [0.05, 0.1) is 16.4 Å². The van der Waals surface area contributed by atoms with Gasteiger partial charge in [0.15, 0.2) is 0 Å². The molecule has 2 aromatic heterocycles. The molecule has 128 valence electrons. The maximum atomic E-state index is 12.9. The number of aromatic nitrogens is 3. The molecule has 3 aromatic rings. The third-order valence-corrected chi connectivity index (χ3v) is 4.84. The molecule has 1 N–H and O–H groups in total. The fraction of sp³-hybridized carbons (Fsp3) is 0.167. The van der Waals surface area contributed by atoms with Gasteiger partial charge in [-0.05, 0) is 42.8 Å². The number of hydrogen-bond donors (Lipinski definition) is 1. The number of carbonyl (C=O) groups excluding carboxylic acids is 1. The fourth-order valence-corrected chi connectivity index (χ4v) is 3.16. The minimum Gasteiger partial charge on any atom is -0.343 e. The van der Waals surface area contributed by atoms with Crippen molar-refractivity contribution >= 4 is 29.0 Å². The molecule has 1 aromatic carbocycles. The van der Waals surface area contributed by atoms with E-state index in [2.05, 4.69) is 10.2 Å². The Bertz CT molecular complexity index is 984. The van der Waals surface area contributed by atoms with Crippen molar-refractivity contribution in [3.63, 3.8) is 0 Å². The number of aromatic amines is 1. The zero-order chi connectivity index (χ0) is 18.1. The first-order valence-electron chi connectivity index (χ1n) is 7.57. The summed E-state index contributed by atoms with van der Waals surface area (Å²) in [7, 11) is 1.79. The Morgan fingerprint density at radius 1 is 1.16 bits per heavy atom. The summed E-state index contributed by atoms with van der Waals surface area (Å²) in [5.74, 6) is -0.126. The zero-order valence-electron chi connectivity index (χ0n) is 13.6. The van der Waals surface area contributed by atoms with E-state index in [0.29, 0.717) is 39.0 Å². The van der Waals surface area contributed by atoms with Gasteiger partial charge in [-0.15, -0.1) is 0 Å². The Morgan fingerprint density at radius 3 is 2.44 bits per heavy atom. The lowest BCUT2D eigenvalue weighted by molar-refractivity contribution is 0.103. The smallest absolute Gasteiger partial charge is 0.264 e. The van der Waals surface area contributed by atoms with E-state index in [1.807, 2.05) is 6.92 Å². The van der Waals surface area contributed by atoms with Crippen LogP contribution in [-0.2, 0) is 13.5 Å². The van der Waals surface area contributed by atoms with Crippen LogP contribution in [0.25, 0.3) is 0 Å². The number of halogens is 2. The van der Waals surface area contributed by atoms with Crippen molar-refractivity contribution in [2.75, 3.05) is 0 Å². The molecule has 0 aliphatic rings. The largest absolute Gasteiger partial charge is 0.343 e. The Hall–Kier alpha value is -2.37. The van der Waals surface area contributed by atoms with Gasteiger partial charge in [-0.1, -0.05) is 23.2 Å². The molecule has 3 rings (SSSR count). The highest BCUT2D eigenvalue weighted by Crippen LogP contribution is 2.30. The summed E-state index contributed by atoms with van der Waals surface area (Å²) in [6.45, 7) is 1.81. The Labute approximate surface area is 154 Å². The predicted octanol–water partition coefficient (Wildman–Crippen LogP) is 3.55. The summed E-state index contributed by atoms with van der Waals surface area (Å²) in [6, 6.07) is 9.78. The second kappa shape index (κ2) is 6.86. The molecule has 0 spiro atoms. The predicted molar refractivity (Wildman–Crippen MR) is 97.7 cm³/mol. The molecule has 0 aliphatic heterocycles. The van der Waals surface area contributed by atoms with Crippen LogP contribution in [0.15, 0.2) is 41.2 Å². The van der Waals surface area contributed by atoms with Crippen molar-refractivity contribution in [3.8, 4) is 0 Å². The van der Waals surface area contributed by atoms with Gasteiger partial charge in [-0.2, -0.15) is 5.10 Å². The molecule has 0 saturated carbocycles. The summed E-state index contributed by atoms with van der Waals surface area (Å²) < 4.78 is 1.78. The molecular weight excluding hydrogens is 361 g/mol. The molecule has 0 radical (unpaired) electrons. The fourth-order valence-electron chi connectivity index (χ4n) is 2.75. The molecule has 0 amide bonds. The van der Waals surface area contributed by atoms with E-state index in [1.54, 1.807) is 41.9 Å². The second-order valence-electron chi connectivity index (χ2n) is 5.72. The van der Waals surface area contributed by atoms with Gasteiger partial charge in [-0.25, -0.2) is 5.10 Å². The second-order valence-corrected chi connectivity index (χ2v) is 6.53. The lowest BCUT2D eigenvalue weighted by Gasteiger charge is -2.08. The van der Waals surface area contributed by atoms with Gasteiger partial charge in [0.1, 0.15) is 0 Å². The average molecular weight is 376 g/mol. The highest BCUT2D eigenvalue weighted by atomic mass is 35.5. The van der Waals surface area contributed by atoms with Crippen molar-refractivity contribution < 1.29 is 4.79 Å². The highest BCUT2D eigenvalue weighted by Gasteiger charge is 2.23. The molecule has 0 atom stereocenters. The van der Waals surface area contributed by atoms with Crippen molar-refractivity contribution in [1.29, 1.82) is 0 Å². The monoisotopic (exact) mass is 375 g/mol. The first kappa shape index (κ1) is 17.5. The van der Waals surface area contributed by atoms with E-state index in [1.165, 1.54) is 6.07 Å². The molecule has 25 heavy (non-hydrogen) atoms. The number of hydrogen-bond acceptors (Lipinski definition) is 3. The van der Waals surface area contributed by atoms with Gasteiger partial charge in [0, 0.05) is 35.8 Å². The van der Waals surface area contributed by atoms with E-state index in [4.69, 9.17) is 23.2 Å². The van der Waals surface area contributed by atoms with Gasteiger partial charge >= 0.3 is 0 Å². The average Bonchev–Trinajstić information content (AvgIpc) is 2.80. The number of nitrogens with one attached hydrogen (secondary N) is 1. The molecule has 5 nitrogen and oxygen atoms in total. The van der Waals surface area contributed by atoms with Crippen molar-refractivity contribution in [1.82, 2.24) is 14.8 Å². The quantitative estimate of drug-likeness (QED) is 0.709. The molecular formula is C18H15Cl2N3O2. The Balaban J connectivity index is 2.01. The molecule has 0 aliphatic carbocycles. The standard InChI is InChI=1S/C18H15Cl2N3O2/c1-10-16(20)14(9-13-7-8-15(24)22-21-13)23(2)17(10)18(25)11-3-5-12(19)6-4-11/h3-8H,9H2,1-2H3,(H,22,24). The van der Waals surface area contributed by atoms with Crippen LogP contribution >= 0.6 is 23.2 Å². The van der Waals surface area contributed by atoms with E-state index in [-0.39, 0.29) is 11.3 Å². The molecule has 0 bridgehead atoms. The number of H-pyrrole nitrogens is 1. The molecule has 7 heteroatoms. The lowest BCUT2D eigenvalue weighted by atomic mass is 10.1. The van der Waals surface area contributed by atoms with Crippen LogP contribution < -0.4 is 5.56 Å². The van der Waals surface area contributed by atoms with E-state index in [0.717, 1.165) is 5.69 Å². The summed E-state index contributed by atoms with van der Waals surface area (Å²) in [5.41, 5.74) is 2.92. The normalized spacial score (nSPS) is 10.9. The minimum absolute atomic E-state index is 0.126. The molecule has 2 heterocycles. The summed E-state index contributed by atoms with van der Waals surface area (Å²) in [4.78, 5) is 24.0. The van der Waals surface area contributed by atoms with Crippen LogP contribution in [0.5, 0.6) is 0 Å². The molecule has 0 unspecified atom stereocenters. The molecule has 0 fully saturated rings. The van der Waals surface area contributed by atoms with Crippen LogP contribution in [0.3, 0.4) is 0 Å². The van der Waals surface area contributed by atoms with Crippen molar-refractivity contribution in [3.05, 3.63) is 85.0 Å². The van der Waals surface area contributed by atoms with Gasteiger partial charge in [0.25, 0.3) is 5.56 Å². The van der Waals surface area contributed by atoms with Crippen LogP contribution in [0.4, 0.5) is 0 Å². The van der Waals surface area contributed by atoms with E-state index >= 15 is 0 Å². The Morgan fingerprint density at radius 2 is 1.84 bits per heavy atom. The van der Waals surface area contributed by atoms with Crippen LogP contribution in [0.2, 0.25) is 10.0 Å². The topological polar surface area (TPSA) is 67.8 Å². The number of carbonyl (C=O) groups is 1. The summed E-state index contributed by atoms with van der Waals surface area (Å²) >= 11 is 12.3. The van der Waals surface area contributed by atoms with Crippen LogP contribution in [0, 0.1) is 6.92 Å². The SMILES string of the molecule is Cc1c(Cl)c(Cc2ccc(=O)[nH]n2)n(C)c1C(=O)c1ccc(Cl)cc1. The Kier molecular flexibility index (Phi) is 4.79. The minimum atomic E-state index is -0.267. The van der Waals surface area contributed by atoms with Gasteiger partial charge < -0.3 is 4.57 Å². The summed E-state index contributed by atoms with van der Waals surface area (Å²) in [6.07, 6.45) is 0.404. The molecule has 0 saturated heterocycles. The number of benzene rings is 1. The van der Waals surface area contributed by atoms with E-state index < -0.39 is 0 Å². The first-order chi connectivity index (χ1) is 11.9. The van der Waals surface area contributed by atoms with Gasteiger partial charge in [-0.3, -0.25) is 9.59 Å². The van der Waals surface area contributed by atoms with Crippen molar-refractivity contribution in [2.45, 2.75) is 13.3 Å². The van der Waals surface area contributed by atoms with Gasteiger partial charge in [0.2, 0.25) is 5.78 Å². The zero-order valence-corrected chi connectivity index (χ0v) is 15.1. The highest BCUT2D eigenvalue weighted by molar-refractivity contribution is 6.33. The van der Waals surface area contributed by atoms with Crippen LogP contribution in [-0.4, -0.2) is 20.5 Å². The third kappa shape index (κ3) is 3.38.